The van der Waals surface area contributed by atoms with Gasteiger partial charge in [0, 0.05) is 5.69 Å². The summed E-state index contributed by atoms with van der Waals surface area (Å²) in [6.45, 7) is 6.91. The van der Waals surface area contributed by atoms with Crippen LogP contribution in [-0.2, 0) is 11.8 Å². The van der Waals surface area contributed by atoms with E-state index in [0.717, 1.165) is 6.42 Å². The molecule has 0 aromatic heterocycles. The van der Waals surface area contributed by atoms with Crippen molar-refractivity contribution >= 4 is 17.1 Å². The Labute approximate surface area is 221 Å². The molecule has 0 fully saturated rings. The first-order valence-corrected chi connectivity index (χ1v) is 13.2. The number of nitrogens with zero attached hydrogens (tertiary/aromatic N) is 1. The summed E-state index contributed by atoms with van der Waals surface area (Å²) in [6, 6.07) is 49.0. The standard InChI is InChI=1S/C36H33N/c1-35(2,3)26-27-22-24-29(25-23-27)36(28-14-6-4-7-15-28)31-18-10-12-20-33(31)37(30-16-8-5-9-17-30)34-21-13-11-19-32(34)36/h4-25H,26H2,1-3H3. The maximum Gasteiger partial charge on any atom is 0.0742 e. The minimum Gasteiger partial charge on any atom is -0.310 e. The fourth-order valence-electron chi connectivity index (χ4n) is 6.06. The van der Waals surface area contributed by atoms with Crippen LogP contribution >= 0.6 is 0 Å². The highest BCUT2D eigenvalue weighted by Crippen LogP contribution is 2.57. The van der Waals surface area contributed by atoms with Gasteiger partial charge in [-0.3, -0.25) is 0 Å². The average Bonchev–Trinajstić information content (AvgIpc) is 2.92. The molecule has 1 aliphatic rings. The van der Waals surface area contributed by atoms with Crippen LogP contribution in [0, 0.1) is 5.41 Å². The van der Waals surface area contributed by atoms with Crippen LogP contribution in [0.15, 0.2) is 133 Å². The fourth-order valence-corrected chi connectivity index (χ4v) is 6.06. The predicted molar refractivity (Wildman–Crippen MR) is 156 cm³/mol. The summed E-state index contributed by atoms with van der Waals surface area (Å²) < 4.78 is 0. The lowest BCUT2D eigenvalue weighted by atomic mass is 9.62. The van der Waals surface area contributed by atoms with E-state index in [1.54, 1.807) is 0 Å². The number of anilines is 3. The summed E-state index contributed by atoms with van der Waals surface area (Å²) in [4.78, 5) is 2.42. The third-order valence-electron chi connectivity index (χ3n) is 7.44. The van der Waals surface area contributed by atoms with Crippen molar-refractivity contribution in [3.63, 3.8) is 0 Å². The molecule has 1 aliphatic heterocycles. The first-order chi connectivity index (χ1) is 18.0. The maximum absolute atomic E-state index is 2.42. The van der Waals surface area contributed by atoms with Gasteiger partial charge in [0.2, 0.25) is 0 Å². The quantitative estimate of drug-likeness (QED) is 0.243. The lowest BCUT2D eigenvalue weighted by Gasteiger charge is -2.46. The number of para-hydroxylation sites is 3. The molecule has 0 atom stereocenters. The topological polar surface area (TPSA) is 3.24 Å². The molecule has 1 nitrogen and oxygen atoms in total. The second-order valence-electron chi connectivity index (χ2n) is 11.3. The van der Waals surface area contributed by atoms with Crippen LogP contribution in [0.3, 0.4) is 0 Å². The molecule has 6 rings (SSSR count). The maximum atomic E-state index is 2.42. The van der Waals surface area contributed by atoms with E-state index < -0.39 is 5.41 Å². The molecule has 1 heteroatoms. The third-order valence-corrected chi connectivity index (χ3v) is 7.44. The van der Waals surface area contributed by atoms with E-state index in [2.05, 4.69) is 159 Å². The minimum atomic E-state index is -0.431. The molecule has 0 saturated heterocycles. The van der Waals surface area contributed by atoms with E-state index in [1.165, 1.54) is 44.9 Å². The Morgan fingerprint density at radius 2 is 0.973 bits per heavy atom. The van der Waals surface area contributed by atoms with Crippen molar-refractivity contribution in [1.29, 1.82) is 0 Å². The molecule has 0 aliphatic carbocycles. The molecule has 0 spiro atoms. The monoisotopic (exact) mass is 479 g/mol. The van der Waals surface area contributed by atoms with Crippen LogP contribution in [0.25, 0.3) is 0 Å². The minimum absolute atomic E-state index is 0.249. The predicted octanol–water partition coefficient (Wildman–Crippen LogP) is 9.44. The van der Waals surface area contributed by atoms with E-state index in [4.69, 9.17) is 0 Å². The normalized spacial score (nSPS) is 14.1. The zero-order valence-corrected chi connectivity index (χ0v) is 21.9. The van der Waals surface area contributed by atoms with Crippen LogP contribution in [0.5, 0.6) is 0 Å². The number of rotatable bonds is 4. The molecule has 0 amide bonds. The highest BCUT2D eigenvalue weighted by Gasteiger charge is 2.46. The molecule has 0 N–H and O–H groups in total. The fraction of sp³-hybridized carbons (Fsp3) is 0.167. The zero-order chi connectivity index (χ0) is 25.5. The number of hydrogen-bond acceptors (Lipinski definition) is 1. The Bertz CT molecular complexity index is 1460. The SMILES string of the molecule is CC(C)(C)Cc1ccc(C2(c3ccccc3)c3ccccc3N(c3ccccc3)c3ccccc32)cc1. The van der Waals surface area contributed by atoms with Gasteiger partial charge in [-0.1, -0.05) is 130 Å². The van der Waals surface area contributed by atoms with Gasteiger partial charge >= 0.3 is 0 Å². The summed E-state index contributed by atoms with van der Waals surface area (Å²) in [5.74, 6) is 0. The van der Waals surface area contributed by atoms with Crippen LogP contribution in [0.2, 0.25) is 0 Å². The third kappa shape index (κ3) is 3.96. The number of fused-ring (bicyclic) bond motifs is 2. The Kier molecular flexibility index (Phi) is 5.72. The first kappa shape index (κ1) is 23.3. The molecule has 0 unspecified atom stereocenters. The van der Waals surface area contributed by atoms with Gasteiger partial charge in [-0.15, -0.1) is 0 Å². The molecule has 0 radical (unpaired) electrons. The molecule has 0 bridgehead atoms. The highest BCUT2D eigenvalue weighted by molar-refractivity contribution is 5.89. The van der Waals surface area contributed by atoms with E-state index in [-0.39, 0.29) is 5.41 Å². The van der Waals surface area contributed by atoms with Gasteiger partial charge in [0.05, 0.1) is 16.8 Å². The average molecular weight is 480 g/mol. The van der Waals surface area contributed by atoms with Crippen LogP contribution in [0.4, 0.5) is 17.1 Å². The van der Waals surface area contributed by atoms with Gasteiger partial charge in [-0.05, 0) is 63.9 Å². The summed E-state index contributed by atoms with van der Waals surface area (Å²) >= 11 is 0. The number of benzene rings is 5. The van der Waals surface area contributed by atoms with Crippen LogP contribution in [-0.4, -0.2) is 0 Å². The van der Waals surface area contributed by atoms with E-state index in [9.17, 15) is 0 Å². The van der Waals surface area contributed by atoms with Crippen molar-refractivity contribution in [2.45, 2.75) is 32.6 Å². The molecule has 0 saturated carbocycles. The summed E-state index contributed by atoms with van der Waals surface area (Å²) in [5, 5.41) is 0. The molecule has 5 aromatic rings. The van der Waals surface area contributed by atoms with Crippen LogP contribution < -0.4 is 4.90 Å². The second kappa shape index (κ2) is 9.09. The second-order valence-corrected chi connectivity index (χ2v) is 11.3. The zero-order valence-electron chi connectivity index (χ0n) is 21.9. The Morgan fingerprint density at radius 1 is 0.514 bits per heavy atom. The lowest BCUT2D eigenvalue weighted by molar-refractivity contribution is 0.411. The molecule has 182 valence electrons. The van der Waals surface area contributed by atoms with Gasteiger partial charge in [0.25, 0.3) is 0 Å². The van der Waals surface area contributed by atoms with Crippen molar-refractivity contribution in [1.82, 2.24) is 0 Å². The highest BCUT2D eigenvalue weighted by atomic mass is 15.2. The molecule has 5 aromatic carbocycles. The van der Waals surface area contributed by atoms with Gasteiger partial charge < -0.3 is 4.90 Å². The molecule has 37 heavy (non-hydrogen) atoms. The smallest absolute Gasteiger partial charge is 0.0742 e. The molecular formula is C36H33N. The largest absolute Gasteiger partial charge is 0.310 e. The van der Waals surface area contributed by atoms with E-state index in [1.807, 2.05) is 0 Å². The number of hydrogen-bond donors (Lipinski definition) is 0. The molecule has 1 heterocycles. The van der Waals surface area contributed by atoms with E-state index >= 15 is 0 Å². The van der Waals surface area contributed by atoms with Crippen molar-refractivity contribution in [3.05, 3.63) is 161 Å². The summed E-state index contributed by atoms with van der Waals surface area (Å²) in [5.41, 5.74) is 9.98. The van der Waals surface area contributed by atoms with Gasteiger partial charge in [0.15, 0.2) is 0 Å². The van der Waals surface area contributed by atoms with Crippen molar-refractivity contribution < 1.29 is 0 Å². The molecular weight excluding hydrogens is 446 g/mol. The van der Waals surface area contributed by atoms with Gasteiger partial charge in [-0.25, -0.2) is 0 Å². The Morgan fingerprint density at radius 3 is 1.51 bits per heavy atom. The Balaban J connectivity index is 1.68. The lowest BCUT2D eigenvalue weighted by Crippen LogP contribution is -2.37. The first-order valence-electron chi connectivity index (χ1n) is 13.2. The van der Waals surface area contributed by atoms with Gasteiger partial charge in [0.1, 0.15) is 0 Å². The van der Waals surface area contributed by atoms with E-state index in [0.29, 0.717) is 0 Å². The summed E-state index contributed by atoms with van der Waals surface area (Å²) in [6.07, 6.45) is 1.06. The Hall–Kier alpha value is -4.10. The van der Waals surface area contributed by atoms with Crippen molar-refractivity contribution in [3.8, 4) is 0 Å². The van der Waals surface area contributed by atoms with Gasteiger partial charge in [-0.2, -0.15) is 0 Å². The van der Waals surface area contributed by atoms with Crippen molar-refractivity contribution in [2.75, 3.05) is 4.90 Å². The van der Waals surface area contributed by atoms with Crippen molar-refractivity contribution in [2.24, 2.45) is 5.41 Å². The van der Waals surface area contributed by atoms with Crippen LogP contribution in [0.1, 0.15) is 48.6 Å². The summed E-state index contributed by atoms with van der Waals surface area (Å²) in [7, 11) is 0.